The van der Waals surface area contributed by atoms with Crippen LogP contribution in [0.25, 0.3) is 21.5 Å². The molecule has 0 unspecified atom stereocenters. The summed E-state index contributed by atoms with van der Waals surface area (Å²) in [6.07, 6.45) is -0.172. The molecule has 0 fully saturated rings. The van der Waals surface area contributed by atoms with Gasteiger partial charge >= 0.3 is 5.97 Å². The summed E-state index contributed by atoms with van der Waals surface area (Å²) in [5, 5.41) is 9.65. The van der Waals surface area contributed by atoms with Crippen LogP contribution in [0, 0.1) is 5.82 Å². The van der Waals surface area contributed by atoms with Crippen molar-refractivity contribution in [2.45, 2.75) is 6.42 Å². The second-order valence-corrected chi connectivity index (χ2v) is 6.06. The quantitative estimate of drug-likeness (QED) is 0.757. The number of aliphatic carboxylic acids is 1. The third-order valence-corrected chi connectivity index (χ3v) is 4.26. The van der Waals surface area contributed by atoms with Gasteiger partial charge in [-0.1, -0.05) is 11.6 Å². The van der Waals surface area contributed by atoms with E-state index in [9.17, 15) is 9.18 Å². The molecule has 1 aromatic carbocycles. The molecule has 0 saturated heterocycles. The van der Waals surface area contributed by atoms with E-state index in [1.807, 2.05) is 6.07 Å². The number of benzene rings is 1. The molecule has 0 bridgehead atoms. The number of H-pyrrole nitrogens is 1. The number of thiophene rings is 1. The number of fused-ring (bicyclic) bond motifs is 1. The number of hydrogen-bond donors (Lipinski definition) is 2. The van der Waals surface area contributed by atoms with Gasteiger partial charge in [0.1, 0.15) is 5.82 Å². The second-order valence-electron chi connectivity index (χ2n) is 4.34. The predicted octanol–water partition coefficient (Wildman–Crippen LogP) is 4.32. The Morgan fingerprint density at radius 1 is 1.35 bits per heavy atom. The largest absolute Gasteiger partial charge is 0.481 e. The first-order valence-electron chi connectivity index (χ1n) is 5.82. The molecule has 0 spiro atoms. The maximum Gasteiger partial charge on any atom is 0.307 e. The summed E-state index contributed by atoms with van der Waals surface area (Å²) in [5.41, 5.74) is 1.97. The lowest BCUT2D eigenvalue weighted by molar-refractivity contribution is -0.136. The maximum atomic E-state index is 13.4. The maximum absolute atomic E-state index is 13.4. The van der Waals surface area contributed by atoms with Crippen LogP contribution in [0.15, 0.2) is 30.3 Å². The molecule has 20 heavy (non-hydrogen) atoms. The zero-order valence-electron chi connectivity index (χ0n) is 10.1. The number of carboxylic acids is 1. The number of carboxylic acid groups (broad SMARTS) is 1. The van der Waals surface area contributed by atoms with Gasteiger partial charge in [0.05, 0.1) is 21.3 Å². The normalized spacial score (nSPS) is 11.1. The number of nitrogens with one attached hydrogen (secondary N) is 1. The van der Waals surface area contributed by atoms with Gasteiger partial charge in [0, 0.05) is 10.9 Å². The lowest BCUT2D eigenvalue weighted by Gasteiger charge is -1.99. The van der Waals surface area contributed by atoms with Crippen molar-refractivity contribution < 1.29 is 14.3 Å². The summed E-state index contributed by atoms with van der Waals surface area (Å²) in [5.74, 6) is -1.35. The molecule has 0 atom stereocenters. The van der Waals surface area contributed by atoms with Crippen LogP contribution in [-0.2, 0) is 11.2 Å². The first-order chi connectivity index (χ1) is 9.54. The molecule has 6 heteroatoms. The molecule has 3 rings (SSSR count). The third-order valence-electron chi connectivity index (χ3n) is 3.02. The average Bonchev–Trinajstić information content (AvgIpc) is 2.94. The first kappa shape index (κ1) is 13.1. The first-order valence-corrected chi connectivity index (χ1v) is 7.01. The van der Waals surface area contributed by atoms with Crippen LogP contribution < -0.4 is 0 Å². The van der Waals surface area contributed by atoms with E-state index >= 15 is 0 Å². The van der Waals surface area contributed by atoms with Gasteiger partial charge in [-0.05, 0) is 35.9 Å². The van der Waals surface area contributed by atoms with Gasteiger partial charge in [-0.2, -0.15) is 0 Å². The molecule has 3 nitrogen and oxygen atoms in total. The van der Waals surface area contributed by atoms with Crippen molar-refractivity contribution >= 4 is 39.8 Å². The molecule has 0 radical (unpaired) electrons. The van der Waals surface area contributed by atoms with Crippen molar-refractivity contribution in [2.24, 2.45) is 0 Å². The van der Waals surface area contributed by atoms with E-state index in [2.05, 4.69) is 4.98 Å². The van der Waals surface area contributed by atoms with Crippen LogP contribution in [0.3, 0.4) is 0 Å². The fourth-order valence-corrected chi connectivity index (χ4v) is 3.28. The number of aromatic amines is 1. The summed E-state index contributed by atoms with van der Waals surface area (Å²) in [6, 6.07) is 7.86. The minimum Gasteiger partial charge on any atom is -0.481 e. The SMILES string of the molecule is O=C(O)Cc1c(-c2ccc(Cl)s2)[nH]c2ccc(F)cc12. The van der Waals surface area contributed by atoms with Crippen LogP contribution in [0.5, 0.6) is 0 Å². The fourth-order valence-electron chi connectivity index (χ4n) is 2.21. The lowest BCUT2D eigenvalue weighted by atomic mass is 10.1. The highest BCUT2D eigenvalue weighted by Gasteiger charge is 2.17. The summed E-state index contributed by atoms with van der Waals surface area (Å²) in [7, 11) is 0. The monoisotopic (exact) mass is 309 g/mol. The van der Waals surface area contributed by atoms with Gasteiger partial charge in [-0.15, -0.1) is 11.3 Å². The van der Waals surface area contributed by atoms with Crippen molar-refractivity contribution in [3.63, 3.8) is 0 Å². The molecule has 0 amide bonds. The van der Waals surface area contributed by atoms with Crippen LogP contribution in [0.4, 0.5) is 4.39 Å². The molecule has 0 aliphatic rings. The Morgan fingerprint density at radius 2 is 2.15 bits per heavy atom. The highest BCUT2D eigenvalue weighted by Crippen LogP contribution is 2.36. The number of hydrogen-bond acceptors (Lipinski definition) is 2. The number of rotatable bonds is 3. The summed E-state index contributed by atoms with van der Waals surface area (Å²) in [6.45, 7) is 0. The molecular formula is C14H9ClFNO2S. The number of carbonyl (C=O) groups is 1. The van der Waals surface area contributed by atoms with Gasteiger partial charge in [-0.25, -0.2) is 4.39 Å². The zero-order valence-corrected chi connectivity index (χ0v) is 11.7. The Morgan fingerprint density at radius 3 is 2.80 bits per heavy atom. The smallest absolute Gasteiger partial charge is 0.307 e. The summed E-state index contributed by atoms with van der Waals surface area (Å²) >= 11 is 7.27. The molecular weight excluding hydrogens is 301 g/mol. The minimum absolute atomic E-state index is 0.172. The van der Waals surface area contributed by atoms with Gasteiger partial charge in [-0.3, -0.25) is 4.79 Å². The van der Waals surface area contributed by atoms with E-state index in [1.165, 1.54) is 23.5 Å². The van der Waals surface area contributed by atoms with Crippen LogP contribution >= 0.6 is 22.9 Å². The summed E-state index contributed by atoms with van der Waals surface area (Å²) in [4.78, 5) is 15.0. The molecule has 2 heterocycles. The predicted molar refractivity (Wildman–Crippen MR) is 77.9 cm³/mol. The van der Waals surface area contributed by atoms with E-state index in [4.69, 9.17) is 16.7 Å². The lowest BCUT2D eigenvalue weighted by Crippen LogP contribution is -2.00. The van der Waals surface area contributed by atoms with Crippen molar-refractivity contribution in [1.29, 1.82) is 0 Å². The zero-order chi connectivity index (χ0) is 14.3. The summed E-state index contributed by atoms with van der Waals surface area (Å²) < 4.78 is 14.0. The molecule has 3 aromatic rings. The topological polar surface area (TPSA) is 53.1 Å². The Kier molecular flexibility index (Phi) is 3.23. The number of halogens is 2. The van der Waals surface area contributed by atoms with Gasteiger partial charge in [0.25, 0.3) is 0 Å². The van der Waals surface area contributed by atoms with E-state index in [0.717, 1.165) is 4.88 Å². The van der Waals surface area contributed by atoms with E-state index < -0.39 is 5.97 Å². The van der Waals surface area contributed by atoms with Crippen molar-refractivity contribution in [3.8, 4) is 10.6 Å². The van der Waals surface area contributed by atoms with E-state index in [1.54, 1.807) is 12.1 Å². The third kappa shape index (κ3) is 2.30. The molecule has 0 aliphatic carbocycles. The van der Waals surface area contributed by atoms with Crippen LogP contribution in [-0.4, -0.2) is 16.1 Å². The molecule has 0 saturated carbocycles. The molecule has 2 aromatic heterocycles. The van der Waals surface area contributed by atoms with Gasteiger partial charge in [0.2, 0.25) is 0 Å². The molecule has 2 N–H and O–H groups in total. The molecule has 0 aliphatic heterocycles. The second kappa shape index (κ2) is 4.92. The Bertz CT molecular complexity index is 809. The van der Waals surface area contributed by atoms with Gasteiger partial charge in [0.15, 0.2) is 0 Å². The number of aromatic nitrogens is 1. The molecule has 102 valence electrons. The Balaban J connectivity index is 2.27. The average molecular weight is 310 g/mol. The van der Waals surface area contributed by atoms with Crippen LogP contribution in [0.2, 0.25) is 4.34 Å². The van der Waals surface area contributed by atoms with E-state index in [-0.39, 0.29) is 12.2 Å². The Hall–Kier alpha value is -1.85. The Labute approximate surface area is 122 Å². The minimum atomic E-state index is -0.959. The fraction of sp³-hybridized carbons (Fsp3) is 0.0714. The van der Waals surface area contributed by atoms with Crippen molar-refractivity contribution in [2.75, 3.05) is 0 Å². The van der Waals surface area contributed by atoms with Crippen LogP contribution in [0.1, 0.15) is 5.56 Å². The standard InChI is InChI=1S/C14H9ClFNO2S/c15-12-4-3-11(20-12)14-9(6-13(18)19)8-5-7(16)1-2-10(8)17-14/h1-5,17H,6H2,(H,18,19). The van der Waals surface area contributed by atoms with Crippen molar-refractivity contribution in [1.82, 2.24) is 4.98 Å². The van der Waals surface area contributed by atoms with E-state index in [0.29, 0.717) is 26.5 Å². The van der Waals surface area contributed by atoms with Crippen molar-refractivity contribution in [3.05, 3.63) is 46.0 Å². The highest BCUT2D eigenvalue weighted by atomic mass is 35.5. The highest BCUT2D eigenvalue weighted by molar-refractivity contribution is 7.19. The van der Waals surface area contributed by atoms with Gasteiger partial charge < -0.3 is 10.1 Å².